The molecular weight excluding hydrogens is 266 g/mol. The van der Waals surface area contributed by atoms with E-state index in [1.54, 1.807) is 0 Å². The molecule has 2 aliphatic rings. The SMILES string of the molecule is CN(C(=O)CNC(=O)CCC1CCNC1)C1CCCCC1. The van der Waals surface area contributed by atoms with Crippen molar-refractivity contribution in [2.75, 3.05) is 26.7 Å². The molecule has 5 heteroatoms. The Hall–Kier alpha value is -1.10. The van der Waals surface area contributed by atoms with Gasteiger partial charge in [-0.3, -0.25) is 9.59 Å². The number of amides is 2. The van der Waals surface area contributed by atoms with Crippen LogP contribution in [0.1, 0.15) is 51.4 Å². The summed E-state index contributed by atoms with van der Waals surface area (Å²) in [5.41, 5.74) is 0. The first kappa shape index (κ1) is 16.3. The summed E-state index contributed by atoms with van der Waals surface area (Å²) in [5.74, 6) is 0.668. The summed E-state index contributed by atoms with van der Waals surface area (Å²) in [4.78, 5) is 25.7. The van der Waals surface area contributed by atoms with Crippen molar-refractivity contribution in [2.24, 2.45) is 5.92 Å². The Morgan fingerprint density at radius 3 is 2.62 bits per heavy atom. The number of nitrogens with zero attached hydrogens (tertiary/aromatic N) is 1. The number of hydrogen-bond acceptors (Lipinski definition) is 3. The molecule has 2 amide bonds. The van der Waals surface area contributed by atoms with Crippen LogP contribution in [0.4, 0.5) is 0 Å². The molecule has 1 saturated heterocycles. The molecular formula is C16H29N3O2. The van der Waals surface area contributed by atoms with Crippen LogP contribution in [-0.4, -0.2) is 49.4 Å². The second-order valence-electron chi connectivity index (χ2n) is 6.47. The zero-order valence-electron chi connectivity index (χ0n) is 13.2. The Labute approximate surface area is 127 Å². The third kappa shape index (κ3) is 5.30. The van der Waals surface area contributed by atoms with Gasteiger partial charge in [0.1, 0.15) is 0 Å². The van der Waals surface area contributed by atoms with Crippen molar-refractivity contribution in [3.63, 3.8) is 0 Å². The van der Waals surface area contributed by atoms with Crippen molar-refractivity contribution < 1.29 is 9.59 Å². The lowest BCUT2D eigenvalue weighted by Gasteiger charge is -2.31. The fourth-order valence-electron chi connectivity index (χ4n) is 3.36. The molecule has 2 fully saturated rings. The van der Waals surface area contributed by atoms with E-state index < -0.39 is 0 Å². The van der Waals surface area contributed by atoms with E-state index in [0.717, 1.165) is 38.8 Å². The van der Waals surface area contributed by atoms with E-state index in [2.05, 4.69) is 10.6 Å². The van der Waals surface area contributed by atoms with Gasteiger partial charge in [0, 0.05) is 19.5 Å². The van der Waals surface area contributed by atoms with Crippen LogP contribution < -0.4 is 10.6 Å². The van der Waals surface area contributed by atoms with Gasteiger partial charge in [0.05, 0.1) is 6.54 Å². The molecule has 1 atom stereocenters. The molecule has 1 heterocycles. The van der Waals surface area contributed by atoms with Crippen molar-refractivity contribution in [1.29, 1.82) is 0 Å². The van der Waals surface area contributed by atoms with Crippen LogP contribution in [0.5, 0.6) is 0 Å². The summed E-state index contributed by atoms with van der Waals surface area (Å²) < 4.78 is 0. The number of nitrogens with one attached hydrogen (secondary N) is 2. The molecule has 0 bridgehead atoms. The van der Waals surface area contributed by atoms with Crippen LogP contribution in [0, 0.1) is 5.92 Å². The summed E-state index contributed by atoms with van der Waals surface area (Å²) in [7, 11) is 1.87. The Balaban J connectivity index is 1.61. The normalized spacial score (nSPS) is 23.0. The minimum Gasteiger partial charge on any atom is -0.347 e. The lowest BCUT2D eigenvalue weighted by Crippen LogP contribution is -2.44. The number of likely N-dealkylation sites (N-methyl/N-ethyl adjacent to an activating group) is 1. The van der Waals surface area contributed by atoms with Gasteiger partial charge in [0.15, 0.2) is 0 Å². The van der Waals surface area contributed by atoms with Gasteiger partial charge in [-0.2, -0.15) is 0 Å². The van der Waals surface area contributed by atoms with E-state index in [1.165, 1.54) is 19.3 Å². The van der Waals surface area contributed by atoms with E-state index in [9.17, 15) is 9.59 Å². The molecule has 0 aromatic rings. The second kappa shape index (κ2) is 8.37. The largest absolute Gasteiger partial charge is 0.347 e. The Bertz CT molecular complexity index is 347. The molecule has 21 heavy (non-hydrogen) atoms. The first-order chi connectivity index (χ1) is 10.2. The van der Waals surface area contributed by atoms with Crippen LogP contribution in [0.3, 0.4) is 0 Å². The van der Waals surface area contributed by atoms with E-state index in [4.69, 9.17) is 0 Å². The van der Waals surface area contributed by atoms with Gasteiger partial charge < -0.3 is 15.5 Å². The number of hydrogen-bond donors (Lipinski definition) is 2. The summed E-state index contributed by atoms with van der Waals surface area (Å²) in [5, 5.41) is 6.08. The van der Waals surface area contributed by atoms with Crippen molar-refractivity contribution >= 4 is 11.8 Å². The van der Waals surface area contributed by atoms with E-state index in [-0.39, 0.29) is 18.4 Å². The molecule has 2 N–H and O–H groups in total. The van der Waals surface area contributed by atoms with Gasteiger partial charge in [-0.15, -0.1) is 0 Å². The Kier molecular flexibility index (Phi) is 6.49. The van der Waals surface area contributed by atoms with Gasteiger partial charge in [-0.05, 0) is 44.7 Å². The van der Waals surface area contributed by atoms with E-state index >= 15 is 0 Å². The first-order valence-corrected chi connectivity index (χ1v) is 8.40. The highest BCUT2D eigenvalue weighted by Crippen LogP contribution is 2.21. The minimum absolute atomic E-state index is 0.00675. The highest BCUT2D eigenvalue weighted by Gasteiger charge is 2.22. The molecule has 1 unspecified atom stereocenters. The Morgan fingerprint density at radius 2 is 1.95 bits per heavy atom. The molecule has 0 aromatic heterocycles. The molecule has 5 nitrogen and oxygen atoms in total. The van der Waals surface area contributed by atoms with Crippen molar-refractivity contribution in [3.05, 3.63) is 0 Å². The van der Waals surface area contributed by atoms with Gasteiger partial charge >= 0.3 is 0 Å². The highest BCUT2D eigenvalue weighted by atomic mass is 16.2. The molecule has 0 spiro atoms. The van der Waals surface area contributed by atoms with Gasteiger partial charge in [0.25, 0.3) is 0 Å². The molecule has 1 aliphatic carbocycles. The predicted molar refractivity (Wildman–Crippen MR) is 82.9 cm³/mol. The third-order valence-electron chi connectivity index (χ3n) is 4.89. The maximum absolute atomic E-state index is 12.1. The lowest BCUT2D eigenvalue weighted by atomic mass is 9.94. The maximum atomic E-state index is 12.1. The van der Waals surface area contributed by atoms with E-state index in [1.807, 2.05) is 11.9 Å². The predicted octanol–water partition coefficient (Wildman–Crippen LogP) is 1.28. The van der Waals surface area contributed by atoms with Crippen molar-refractivity contribution in [1.82, 2.24) is 15.5 Å². The lowest BCUT2D eigenvalue weighted by molar-refractivity contribution is -0.134. The maximum Gasteiger partial charge on any atom is 0.241 e. The summed E-state index contributed by atoms with van der Waals surface area (Å²) >= 11 is 0. The molecule has 0 radical (unpaired) electrons. The van der Waals surface area contributed by atoms with Gasteiger partial charge in [-0.1, -0.05) is 19.3 Å². The first-order valence-electron chi connectivity index (χ1n) is 8.40. The topological polar surface area (TPSA) is 61.4 Å². The van der Waals surface area contributed by atoms with Crippen LogP contribution in [-0.2, 0) is 9.59 Å². The summed E-state index contributed by atoms with van der Waals surface area (Å²) in [6.07, 6.45) is 8.53. The smallest absolute Gasteiger partial charge is 0.241 e. The minimum atomic E-state index is 0.00675. The zero-order chi connectivity index (χ0) is 15.1. The highest BCUT2D eigenvalue weighted by molar-refractivity contribution is 5.84. The molecule has 2 rings (SSSR count). The van der Waals surface area contributed by atoms with Crippen LogP contribution in [0.15, 0.2) is 0 Å². The van der Waals surface area contributed by atoms with Crippen molar-refractivity contribution in [3.8, 4) is 0 Å². The molecule has 1 saturated carbocycles. The molecule has 0 aromatic carbocycles. The average molecular weight is 295 g/mol. The molecule has 120 valence electrons. The van der Waals surface area contributed by atoms with Crippen LogP contribution >= 0.6 is 0 Å². The average Bonchev–Trinajstić information content (AvgIpc) is 3.04. The Morgan fingerprint density at radius 1 is 1.19 bits per heavy atom. The summed E-state index contributed by atoms with van der Waals surface area (Å²) in [6, 6.07) is 0.368. The number of rotatable bonds is 6. The van der Waals surface area contributed by atoms with Gasteiger partial charge in [-0.25, -0.2) is 0 Å². The standard InChI is InChI=1S/C16H29N3O2/c1-19(14-5-3-2-4-6-14)16(21)12-18-15(20)8-7-13-9-10-17-11-13/h13-14,17H,2-12H2,1H3,(H,18,20). The number of carbonyl (C=O) groups is 2. The van der Waals surface area contributed by atoms with Gasteiger partial charge in [0.2, 0.25) is 11.8 Å². The fraction of sp³-hybridized carbons (Fsp3) is 0.875. The zero-order valence-corrected chi connectivity index (χ0v) is 13.2. The van der Waals surface area contributed by atoms with E-state index in [0.29, 0.717) is 18.4 Å². The summed E-state index contributed by atoms with van der Waals surface area (Å²) in [6.45, 7) is 2.24. The van der Waals surface area contributed by atoms with Crippen LogP contribution in [0.25, 0.3) is 0 Å². The fourth-order valence-corrected chi connectivity index (χ4v) is 3.36. The monoisotopic (exact) mass is 295 g/mol. The van der Waals surface area contributed by atoms with Crippen LogP contribution in [0.2, 0.25) is 0 Å². The second-order valence-corrected chi connectivity index (χ2v) is 6.47. The third-order valence-corrected chi connectivity index (χ3v) is 4.89. The quantitative estimate of drug-likeness (QED) is 0.776. The number of carbonyl (C=O) groups excluding carboxylic acids is 2. The van der Waals surface area contributed by atoms with Crippen molar-refractivity contribution in [2.45, 2.75) is 57.4 Å². The molecule has 1 aliphatic heterocycles.